The van der Waals surface area contributed by atoms with E-state index >= 15 is 0 Å². The van der Waals surface area contributed by atoms with Gasteiger partial charge >= 0.3 is 19.5 Å². The Balaban J connectivity index is 0.000000146. The molecule has 58 heavy (non-hydrogen) atoms. The van der Waals surface area contributed by atoms with Crippen molar-refractivity contribution < 1.29 is 30.1 Å². The van der Waals surface area contributed by atoms with Crippen molar-refractivity contribution in [3.8, 4) is 0 Å². The summed E-state index contributed by atoms with van der Waals surface area (Å²) in [6, 6.07) is 35.0. The minimum Gasteiger partial charge on any atom is -0.345 e. The number of aromatic nitrogens is 6. The number of benzene rings is 3. The first-order chi connectivity index (χ1) is 28.3. The monoisotopic (exact) mass is 856 g/mol. The van der Waals surface area contributed by atoms with Gasteiger partial charge in [0.2, 0.25) is 0 Å². The molecule has 10 nitrogen and oxygen atoms in total. The normalized spacial score (nSPS) is 14.6. The third-order valence-electron chi connectivity index (χ3n) is 10.4. The van der Waals surface area contributed by atoms with Crippen LogP contribution in [0.5, 0.6) is 0 Å². The molecule has 0 atom stereocenters. The van der Waals surface area contributed by atoms with E-state index < -0.39 is 0 Å². The molecule has 1 aliphatic heterocycles. The fourth-order valence-corrected chi connectivity index (χ4v) is 7.57. The van der Waals surface area contributed by atoms with Crippen molar-refractivity contribution in [3.63, 3.8) is 0 Å². The molecular formula is C47H50N10Ru+4. The number of nitrogens with two attached hydrogens (primary N) is 2. The molecule has 0 saturated carbocycles. The second kappa shape index (κ2) is 20.8. The van der Waals surface area contributed by atoms with E-state index in [1.54, 1.807) is 24.8 Å². The van der Waals surface area contributed by atoms with E-state index in [1.807, 2.05) is 48.8 Å². The molecule has 1 saturated heterocycles. The van der Waals surface area contributed by atoms with Crippen LogP contribution in [0, 0.1) is 0 Å². The van der Waals surface area contributed by atoms with Crippen LogP contribution in [0.15, 0.2) is 140 Å². The van der Waals surface area contributed by atoms with Gasteiger partial charge in [-0.2, -0.15) is 0 Å². The fraction of sp³-hybridized carbons (Fsp3) is 0.234. The van der Waals surface area contributed by atoms with Crippen LogP contribution in [-0.4, -0.2) is 87.2 Å². The molecule has 11 heteroatoms. The Morgan fingerprint density at radius 3 is 1.45 bits per heavy atom. The molecule has 292 valence electrons. The maximum atomic E-state index is 4.67. The number of hydrogen-bond donors (Lipinski definition) is 3. The summed E-state index contributed by atoms with van der Waals surface area (Å²) in [6.45, 7) is 10.2. The number of quaternary nitrogens is 2. The van der Waals surface area contributed by atoms with Crippen LogP contribution in [0.2, 0.25) is 0 Å². The zero-order chi connectivity index (χ0) is 38.5. The zero-order valence-corrected chi connectivity index (χ0v) is 34.4. The van der Waals surface area contributed by atoms with Crippen LogP contribution in [0.3, 0.4) is 0 Å². The molecule has 6 aromatic heterocycles. The summed E-state index contributed by atoms with van der Waals surface area (Å²) in [7, 11) is 0. The van der Waals surface area contributed by atoms with Crippen molar-refractivity contribution in [2.75, 3.05) is 52.4 Å². The van der Waals surface area contributed by atoms with Gasteiger partial charge in [-0.25, -0.2) is 0 Å². The van der Waals surface area contributed by atoms with Gasteiger partial charge in [-0.1, -0.05) is 60.7 Å². The SMILES string of the molecule is [Ru+2].c1cnc2c(c1)cc(CN1CCC[NH2+]CCNCCC[NH2+]CC1)c1cccnc12.c1cnc2c(c1)ccc1cccnc12.c1cnc2c(c1)ccc1cccnc12. The number of pyridine rings is 6. The zero-order valence-electron chi connectivity index (χ0n) is 32.7. The molecule has 7 heterocycles. The van der Waals surface area contributed by atoms with Gasteiger partial charge in [-0.3, -0.25) is 34.8 Å². The number of hydrogen-bond acceptors (Lipinski definition) is 8. The average Bonchev–Trinajstić information content (AvgIpc) is 3.28. The van der Waals surface area contributed by atoms with E-state index in [1.165, 1.54) is 48.8 Å². The third-order valence-corrected chi connectivity index (χ3v) is 10.4. The second-order valence-corrected chi connectivity index (χ2v) is 14.4. The minimum atomic E-state index is 0. The Labute approximate surface area is 351 Å². The first kappa shape index (κ1) is 40.8. The van der Waals surface area contributed by atoms with Crippen molar-refractivity contribution in [1.29, 1.82) is 0 Å². The maximum absolute atomic E-state index is 4.67. The predicted molar refractivity (Wildman–Crippen MR) is 232 cm³/mol. The maximum Gasteiger partial charge on any atom is 2.00 e. The Kier molecular flexibility index (Phi) is 14.6. The topological polar surface area (TPSA) is 126 Å². The van der Waals surface area contributed by atoms with Crippen molar-refractivity contribution >= 4 is 65.4 Å². The van der Waals surface area contributed by atoms with Gasteiger partial charge < -0.3 is 16.0 Å². The summed E-state index contributed by atoms with van der Waals surface area (Å²) in [5, 5.41) is 15.4. The number of nitrogens with zero attached hydrogens (tertiary/aromatic N) is 7. The molecule has 1 aliphatic rings. The minimum absolute atomic E-state index is 0. The van der Waals surface area contributed by atoms with Gasteiger partial charge in [0.1, 0.15) is 0 Å². The quantitative estimate of drug-likeness (QED) is 0.151. The van der Waals surface area contributed by atoms with Crippen molar-refractivity contribution in [2.24, 2.45) is 0 Å². The standard InChI is InChI=1S/C23H32N6.2C12H8N2.Ru/c1-5-19-17-20(21-6-2-11-28-23(21)22(19)27-10-1)18-29-15-4-9-25-13-12-24-7-3-8-26-14-16-29;2*1-3-9-5-6-10-4-2-8-14-12(10)11(9)13-7-1;/h1-2,5-6,10-11,17,24-26H,3-4,7-9,12-16,18H2;2*1-8H;/q;;;+2/p+2. The molecule has 9 aromatic rings. The van der Waals surface area contributed by atoms with Gasteiger partial charge in [0.05, 0.1) is 59.3 Å². The van der Waals surface area contributed by atoms with Gasteiger partial charge in [-0.15, -0.1) is 0 Å². The molecule has 3 aromatic carbocycles. The fourth-order valence-electron chi connectivity index (χ4n) is 7.57. The number of nitrogens with one attached hydrogen (secondary N) is 1. The summed E-state index contributed by atoms with van der Waals surface area (Å²) >= 11 is 0. The van der Waals surface area contributed by atoms with E-state index in [9.17, 15) is 0 Å². The molecule has 5 N–H and O–H groups in total. The van der Waals surface area contributed by atoms with Crippen molar-refractivity contribution in [1.82, 2.24) is 40.1 Å². The largest absolute Gasteiger partial charge is 2.00 e. The Bertz CT molecular complexity index is 2470. The summed E-state index contributed by atoms with van der Waals surface area (Å²) in [5.74, 6) is 0. The number of rotatable bonds is 2. The predicted octanol–water partition coefficient (Wildman–Crippen LogP) is 5.66. The van der Waals surface area contributed by atoms with Crippen LogP contribution in [0.4, 0.5) is 0 Å². The van der Waals surface area contributed by atoms with Crippen molar-refractivity contribution in [2.45, 2.75) is 19.4 Å². The summed E-state index contributed by atoms with van der Waals surface area (Å²) in [5.41, 5.74) is 7.30. The first-order valence-corrected chi connectivity index (χ1v) is 20.2. The van der Waals surface area contributed by atoms with E-state index in [0.29, 0.717) is 0 Å². The smallest absolute Gasteiger partial charge is 0.345 e. The molecular weight excluding hydrogens is 806 g/mol. The first-order valence-electron chi connectivity index (χ1n) is 20.2. The Morgan fingerprint density at radius 1 is 0.448 bits per heavy atom. The van der Waals surface area contributed by atoms with Gasteiger partial charge in [0.25, 0.3) is 0 Å². The molecule has 0 radical (unpaired) electrons. The second-order valence-electron chi connectivity index (χ2n) is 14.4. The Hall–Kier alpha value is -5.42. The molecule has 0 unspecified atom stereocenters. The van der Waals surface area contributed by atoms with Crippen LogP contribution in [0.25, 0.3) is 65.4 Å². The van der Waals surface area contributed by atoms with Crippen LogP contribution < -0.4 is 16.0 Å². The van der Waals surface area contributed by atoms with E-state index in [0.717, 1.165) is 93.9 Å². The van der Waals surface area contributed by atoms with E-state index in [-0.39, 0.29) is 19.5 Å². The average molecular weight is 856 g/mol. The van der Waals surface area contributed by atoms with Gasteiger partial charge in [0, 0.05) is 115 Å². The van der Waals surface area contributed by atoms with Gasteiger partial charge in [-0.05, 0) is 48.0 Å². The van der Waals surface area contributed by atoms with Gasteiger partial charge in [0.15, 0.2) is 0 Å². The van der Waals surface area contributed by atoms with Crippen LogP contribution >= 0.6 is 0 Å². The molecule has 0 bridgehead atoms. The molecule has 0 aliphatic carbocycles. The molecule has 10 rings (SSSR count). The van der Waals surface area contributed by atoms with Crippen LogP contribution in [-0.2, 0) is 26.0 Å². The van der Waals surface area contributed by atoms with Crippen LogP contribution in [0.1, 0.15) is 18.4 Å². The number of fused-ring (bicyclic) bond motifs is 9. The third kappa shape index (κ3) is 10.2. The molecule has 0 spiro atoms. The summed E-state index contributed by atoms with van der Waals surface area (Å²) in [4.78, 5) is 29.3. The molecule has 1 fully saturated rings. The summed E-state index contributed by atoms with van der Waals surface area (Å²) in [6.07, 6.45) is 13.4. The Morgan fingerprint density at radius 2 is 0.897 bits per heavy atom. The van der Waals surface area contributed by atoms with E-state index in [2.05, 4.69) is 117 Å². The van der Waals surface area contributed by atoms with E-state index in [4.69, 9.17) is 0 Å². The molecule has 0 amide bonds. The van der Waals surface area contributed by atoms with Crippen molar-refractivity contribution in [3.05, 3.63) is 146 Å². The summed E-state index contributed by atoms with van der Waals surface area (Å²) < 4.78 is 0.